The molecule has 0 aromatic carbocycles. The summed E-state index contributed by atoms with van der Waals surface area (Å²) in [5.74, 6) is 0. The Kier molecular flexibility index (Phi) is 4.87. The fraction of sp³-hybridized carbons (Fsp3) is 0.500. The quantitative estimate of drug-likeness (QED) is 0.602. The maximum Gasteiger partial charge on any atom is 0.0915 e. The van der Waals surface area contributed by atoms with Crippen LogP contribution in [0.3, 0.4) is 0 Å². The zero-order valence-electron chi connectivity index (χ0n) is 10.2. The maximum atomic E-state index is 4.15. The van der Waals surface area contributed by atoms with Gasteiger partial charge in [0.2, 0.25) is 0 Å². The Labute approximate surface area is 107 Å². The van der Waals surface area contributed by atoms with Gasteiger partial charge >= 0.3 is 0 Å². The van der Waals surface area contributed by atoms with Gasteiger partial charge in [0.25, 0.3) is 0 Å². The molecule has 2 nitrogen and oxygen atoms in total. The third-order valence-corrected chi connectivity index (χ3v) is 3.03. The van der Waals surface area contributed by atoms with Gasteiger partial charge in [0.05, 0.1) is 11.1 Å². The molecule has 88 valence electrons. The van der Waals surface area contributed by atoms with Crippen molar-refractivity contribution in [2.75, 3.05) is 0 Å². The summed E-state index contributed by atoms with van der Waals surface area (Å²) < 4.78 is 3.97. The van der Waals surface area contributed by atoms with Gasteiger partial charge in [-0.15, -0.1) is 11.8 Å². The van der Waals surface area contributed by atoms with Gasteiger partial charge in [0.15, 0.2) is 0 Å². The fourth-order valence-corrected chi connectivity index (χ4v) is 2.55. The van der Waals surface area contributed by atoms with E-state index in [4.69, 9.17) is 0 Å². The second-order valence-corrected chi connectivity index (χ2v) is 6.24. The van der Waals surface area contributed by atoms with E-state index in [9.17, 15) is 0 Å². The molecule has 2 aliphatic heterocycles. The molecule has 0 N–H and O–H groups in total. The van der Waals surface area contributed by atoms with Gasteiger partial charge in [-0.3, -0.25) is 4.99 Å². The minimum Gasteiger partial charge on any atom is -0.273 e. The van der Waals surface area contributed by atoms with Gasteiger partial charge in [0, 0.05) is 23.6 Å². The minimum atomic E-state index is -0.0642. The normalized spacial score (nSPS) is 23.8. The van der Waals surface area contributed by atoms with E-state index in [1.54, 1.807) is 17.3 Å². The van der Waals surface area contributed by atoms with Gasteiger partial charge in [0.1, 0.15) is 0 Å². The first-order chi connectivity index (χ1) is 7.41. The first-order valence-corrected chi connectivity index (χ1v) is 6.94. The van der Waals surface area contributed by atoms with Crippen molar-refractivity contribution in [3.63, 3.8) is 0 Å². The van der Waals surface area contributed by atoms with E-state index in [0.29, 0.717) is 5.41 Å². The third-order valence-electron chi connectivity index (χ3n) is 2.01. The molecular formula is C12H18N2S2. The maximum absolute atomic E-state index is 4.15. The summed E-state index contributed by atoms with van der Waals surface area (Å²) in [7, 11) is 0. The topological polar surface area (TPSA) is 24.7 Å². The molecule has 4 heteroatoms. The molecule has 0 aromatic rings. The van der Waals surface area contributed by atoms with Crippen LogP contribution in [0.1, 0.15) is 27.7 Å². The second-order valence-electron chi connectivity index (χ2n) is 4.79. The Morgan fingerprint density at radius 3 is 1.88 bits per heavy atom. The summed E-state index contributed by atoms with van der Waals surface area (Å²) in [5.41, 5.74) is 2.00. The molecule has 0 radical (unpaired) electrons. The highest BCUT2D eigenvalue weighted by molar-refractivity contribution is 8.11. The molecule has 2 rings (SSSR count). The number of thioether (sulfide) groups is 1. The molecule has 0 bridgehead atoms. The molecule has 16 heavy (non-hydrogen) atoms. The van der Waals surface area contributed by atoms with E-state index in [1.165, 1.54) is 11.9 Å². The number of rotatable bonds is 0. The lowest BCUT2D eigenvalue weighted by Gasteiger charge is -2.16. The molecule has 0 amide bonds. The fourth-order valence-electron chi connectivity index (χ4n) is 0.910. The lowest BCUT2D eigenvalue weighted by atomic mass is 9.94. The van der Waals surface area contributed by atoms with Gasteiger partial charge < -0.3 is 0 Å². The zero-order chi connectivity index (χ0) is 12.1. The van der Waals surface area contributed by atoms with Crippen LogP contribution in [-0.4, -0.2) is 17.3 Å². The molecule has 0 aliphatic carbocycles. The van der Waals surface area contributed by atoms with Crippen molar-refractivity contribution in [1.82, 2.24) is 0 Å². The third kappa shape index (κ3) is 5.56. The number of allylic oxidation sites excluding steroid dienone is 2. The molecule has 0 spiro atoms. The first kappa shape index (κ1) is 13.6. The summed E-state index contributed by atoms with van der Waals surface area (Å²) in [6.45, 7) is 8.43. The van der Waals surface area contributed by atoms with Crippen LogP contribution in [0.15, 0.2) is 32.4 Å². The summed E-state index contributed by atoms with van der Waals surface area (Å²) in [6, 6.07) is 0. The first-order valence-electron chi connectivity index (χ1n) is 5.16. The van der Waals surface area contributed by atoms with Crippen molar-refractivity contribution in [1.29, 1.82) is 0 Å². The van der Waals surface area contributed by atoms with Crippen molar-refractivity contribution in [2.45, 2.75) is 33.2 Å². The van der Waals surface area contributed by atoms with Crippen LogP contribution in [0.5, 0.6) is 0 Å². The number of hydrogen-bond donors (Lipinski definition) is 0. The Bertz CT molecular complexity index is 277. The predicted octanol–water partition coefficient (Wildman–Crippen LogP) is 4.31. The van der Waals surface area contributed by atoms with E-state index in [2.05, 4.69) is 46.2 Å². The second kappa shape index (κ2) is 5.73. The zero-order valence-corrected chi connectivity index (χ0v) is 11.8. The predicted molar refractivity (Wildman–Crippen MR) is 78.3 cm³/mol. The Balaban J connectivity index is 0.000000160. The standard InChI is InChI=1S/C7H10S.C5H8N2S/c1-7(2)3-5-8-6-4-7;1-5(2)3-7-8-4-6-5/h3-6H,1-2H3;3-4H,1-2H3. The summed E-state index contributed by atoms with van der Waals surface area (Å²) in [4.78, 5) is 4.15. The van der Waals surface area contributed by atoms with Gasteiger partial charge in [-0.25, -0.2) is 4.40 Å². The Morgan fingerprint density at radius 2 is 1.62 bits per heavy atom. The van der Waals surface area contributed by atoms with Crippen LogP contribution in [0.25, 0.3) is 0 Å². The van der Waals surface area contributed by atoms with Gasteiger partial charge in [-0.1, -0.05) is 26.0 Å². The molecule has 0 saturated carbocycles. The molecule has 0 aromatic heterocycles. The minimum absolute atomic E-state index is 0.0642. The molecule has 0 fully saturated rings. The van der Waals surface area contributed by atoms with E-state index in [-0.39, 0.29) is 5.54 Å². The highest BCUT2D eigenvalue weighted by Crippen LogP contribution is 2.26. The van der Waals surface area contributed by atoms with Crippen LogP contribution < -0.4 is 0 Å². The van der Waals surface area contributed by atoms with E-state index < -0.39 is 0 Å². The summed E-state index contributed by atoms with van der Waals surface area (Å²) >= 11 is 3.11. The SMILES string of the molecule is CC1(C)C=CSC=C1.CC1(C)C=NSC=N1. The van der Waals surface area contributed by atoms with E-state index in [0.717, 1.165) is 0 Å². The smallest absolute Gasteiger partial charge is 0.0915 e. The van der Waals surface area contributed by atoms with E-state index in [1.807, 2.05) is 20.1 Å². The monoisotopic (exact) mass is 254 g/mol. The van der Waals surface area contributed by atoms with Crippen LogP contribution in [0, 0.1) is 5.41 Å². The number of hydrogen-bond acceptors (Lipinski definition) is 4. The van der Waals surface area contributed by atoms with Crippen molar-refractivity contribution >= 4 is 35.5 Å². The van der Waals surface area contributed by atoms with Gasteiger partial charge in [-0.2, -0.15) is 0 Å². The van der Waals surface area contributed by atoms with Crippen molar-refractivity contribution in [3.8, 4) is 0 Å². The molecular weight excluding hydrogens is 236 g/mol. The van der Waals surface area contributed by atoms with E-state index >= 15 is 0 Å². The number of aliphatic imine (C=N–C) groups is 1. The van der Waals surface area contributed by atoms with Crippen LogP contribution in [0.4, 0.5) is 0 Å². The largest absolute Gasteiger partial charge is 0.273 e. The molecule has 0 unspecified atom stereocenters. The average Bonchev–Trinajstić information content (AvgIpc) is 2.17. The van der Waals surface area contributed by atoms with Crippen molar-refractivity contribution in [3.05, 3.63) is 23.0 Å². The number of nitrogens with zero attached hydrogens (tertiary/aromatic N) is 2. The molecule has 0 saturated heterocycles. The summed E-state index contributed by atoms with van der Waals surface area (Å²) in [6.07, 6.45) is 6.26. The van der Waals surface area contributed by atoms with Crippen LogP contribution >= 0.6 is 23.7 Å². The van der Waals surface area contributed by atoms with Crippen molar-refractivity contribution < 1.29 is 0 Å². The molecule has 2 heterocycles. The summed E-state index contributed by atoms with van der Waals surface area (Å²) in [5, 5.41) is 4.25. The highest BCUT2D eigenvalue weighted by Gasteiger charge is 2.12. The van der Waals surface area contributed by atoms with Crippen molar-refractivity contribution in [2.24, 2.45) is 14.8 Å². The van der Waals surface area contributed by atoms with Crippen LogP contribution in [0.2, 0.25) is 0 Å². The highest BCUT2D eigenvalue weighted by atomic mass is 32.2. The average molecular weight is 254 g/mol. The molecule has 0 atom stereocenters. The Hall–Kier alpha value is -0.480. The molecule has 2 aliphatic rings. The van der Waals surface area contributed by atoms with Gasteiger partial charge in [-0.05, 0) is 24.7 Å². The lowest BCUT2D eigenvalue weighted by Crippen LogP contribution is -2.19. The van der Waals surface area contributed by atoms with Crippen LogP contribution in [-0.2, 0) is 0 Å². The Morgan fingerprint density at radius 1 is 1.00 bits per heavy atom. The lowest BCUT2D eigenvalue weighted by molar-refractivity contribution is 0.627.